The molecule has 0 radical (unpaired) electrons. The minimum absolute atomic E-state index is 0.202. The lowest BCUT2D eigenvalue weighted by Gasteiger charge is -2.29. The summed E-state index contributed by atoms with van der Waals surface area (Å²) in [6.07, 6.45) is 7.40. The molecular weight excluding hydrogens is 242 g/mol. The fourth-order valence-corrected chi connectivity index (χ4v) is 2.97. The Morgan fingerprint density at radius 2 is 2.47 bits per heavy atom. The van der Waals surface area contributed by atoms with Crippen molar-refractivity contribution in [2.24, 2.45) is 11.7 Å². The van der Waals surface area contributed by atoms with Gasteiger partial charge in [-0.05, 0) is 39.0 Å². The lowest BCUT2D eigenvalue weighted by molar-refractivity contribution is -0.151. The topological polar surface area (TPSA) is 70.1 Å². The Morgan fingerprint density at radius 1 is 1.68 bits per heavy atom. The van der Waals surface area contributed by atoms with E-state index < -0.39 is 5.54 Å². The predicted molar refractivity (Wildman–Crippen MR) is 72.5 cm³/mol. The highest BCUT2D eigenvalue weighted by molar-refractivity contribution is 5.81. The van der Waals surface area contributed by atoms with Crippen LogP contribution in [0.1, 0.15) is 38.4 Å². The van der Waals surface area contributed by atoms with Crippen LogP contribution in [-0.4, -0.2) is 27.7 Å². The number of carbonyl (C=O) groups is 1. The van der Waals surface area contributed by atoms with Gasteiger partial charge in [-0.2, -0.15) is 0 Å². The van der Waals surface area contributed by atoms with Crippen LogP contribution in [0.5, 0.6) is 0 Å². The summed E-state index contributed by atoms with van der Waals surface area (Å²) in [6, 6.07) is 0. The lowest BCUT2D eigenvalue weighted by atomic mass is 9.85. The Hall–Kier alpha value is -1.36. The third-order valence-corrected chi connectivity index (χ3v) is 4.17. The van der Waals surface area contributed by atoms with E-state index in [2.05, 4.69) is 9.55 Å². The normalized spacial score (nSPS) is 26.6. The van der Waals surface area contributed by atoms with Crippen LogP contribution in [0.4, 0.5) is 0 Å². The molecular formula is C14H23N3O2. The molecule has 1 aromatic rings. The molecule has 19 heavy (non-hydrogen) atoms. The highest BCUT2D eigenvalue weighted by atomic mass is 16.5. The van der Waals surface area contributed by atoms with Gasteiger partial charge in [0.1, 0.15) is 11.4 Å². The molecule has 2 unspecified atom stereocenters. The number of aromatic nitrogens is 2. The van der Waals surface area contributed by atoms with E-state index in [4.69, 9.17) is 10.5 Å². The molecule has 0 saturated heterocycles. The highest BCUT2D eigenvalue weighted by Gasteiger charge is 2.46. The van der Waals surface area contributed by atoms with Crippen LogP contribution in [0.2, 0.25) is 0 Å². The number of nitrogens with zero attached hydrogens (tertiary/aromatic N) is 2. The summed E-state index contributed by atoms with van der Waals surface area (Å²) in [6.45, 7) is 5.05. The first-order valence-corrected chi connectivity index (χ1v) is 7.01. The fourth-order valence-electron chi connectivity index (χ4n) is 2.97. The fraction of sp³-hybridized carbons (Fsp3) is 0.714. The maximum atomic E-state index is 12.0. The van der Waals surface area contributed by atoms with Gasteiger partial charge in [-0.25, -0.2) is 4.98 Å². The first-order valence-electron chi connectivity index (χ1n) is 7.01. The quantitative estimate of drug-likeness (QED) is 0.822. The average molecular weight is 265 g/mol. The number of imidazole rings is 1. The molecule has 0 aliphatic heterocycles. The van der Waals surface area contributed by atoms with Crippen LogP contribution in [0, 0.1) is 12.8 Å². The number of hydrogen-bond acceptors (Lipinski definition) is 4. The van der Waals surface area contributed by atoms with Gasteiger partial charge in [0.15, 0.2) is 0 Å². The van der Waals surface area contributed by atoms with E-state index >= 15 is 0 Å². The van der Waals surface area contributed by atoms with Crippen LogP contribution in [-0.2, 0) is 16.1 Å². The summed E-state index contributed by atoms with van der Waals surface area (Å²) >= 11 is 0. The van der Waals surface area contributed by atoms with Gasteiger partial charge < -0.3 is 15.0 Å². The molecule has 0 amide bonds. The molecule has 1 heterocycles. The molecule has 2 rings (SSSR count). The second-order valence-electron chi connectivity index (χ2n) is 5.31. The second-order valence-corrected chi connectivity index (χ2v) is 5.31. The van der Waals surface area contributed by atoms with Crippen LogP contribution in [0.15, 0.2) is 12.4 Å². The number of ether oxygens (including phenoxy) is 1. The Kier molecular flexibility index (Phi) is 4.24. The van der Waals surface area contributed by atoms with Crippen LogP contribution in [0.25, 0.3) is 0 Å². The SMILES string of the molecule is CCOC(=O)C1(N)CCCC1CCn1ccnc1C. The summed E-state index contributed by atoms with van der Waals surface area (Å²) in [5.74, 6) is 0.963. The van der Waals surface area contributed by atoms with Gasteiger partial charge in [-0.15, -0.1) is 0 Å². The van der Waals surface area contributed by atoms with Crippen molar-refractivity contribution in [3.63, 3.8) is 0 Å². The minimum atomic E-state index is -0.787. The van der Waals surface area contributed by atoms with Crippen molar-refractivity contribution in [2.75, 3.05) is 6.61 Å². The molecule has 0 spiro atoms. The molecule has 5 heteroatoms. The molecule has 0 aromatic carbocycles. The zero-order chi connectivity index (χ0) is 13.9. The predicted octanol–water partition coefficient (Wildman–Crippen LogP) is 1.64. The van der Waals surface area contributed by atoms with Gasteiger partial charge in [-0.1, -0.05) is 6.42 Å². The number of hydrogen-bond donors (Lipinski definition) is 1. The van der Waals surface area contributed by atoms with Gasteiger partial charge in [0.2, 0.25) is 0 Å². The van der Waals surface area contributed by atoms with Crippen molar-refractivity contribution in [3.8, 4) is 0 Å². The molecule has 1 aromatic heterocycles. The zero-order valence-electron chi connectivity index (χ0n) is 11.8. The van der Waals surface area contributed by atoms with E-state index in [1.807, 2.05) is 20.0 Å². The van der Waals surface area contributed by atoms with E-state index in [-0.39, 0.29) is 11.9 Å². The number of aryl methyl sites for hydroxylation is 2. The van der Waals surface area contributed by atoms with Gasteiger partial charge in [0.05, 0.1) is 6.61 Å². The Bertz CT molecular complexity index is 444. The number of nitrogens with two attached hydrogens (primary N) is 1. The maximum Gasteiger partial charge on any atom is 0.326 e. The van der Waals surface area contributed by atoms with Crippen LogP contribution < -0.4 is 5.73 Å². The van der Waals surface area contributed by atoms with E-state index in [0.717, 1.165) is 38.1 Å². The molecule has 0 bridgehead atoms. The van der Waals surface area contributed by atoms with E-state index in [0.29, 0.717) is 6.61 Å². The average Bonchev–Trinajstić information content (AvgIpc) is 2.95. The molecule has 1 aliphatic rings. The highest BCUT2D eigenvalue weighted by Crippen LogP contribution is 2.37. The van der Waals surface area contributed by atoms with Gasteiger partial charge in [0.25, 0.3) is 0 Å². The van der Waals surface area contributed by atoms with Crippen molar-refractivity contribution in [1.82, 2.24) is 9.55 Å². The van der Waals surface area contributed by atoms with Crippen molar-refractivity contribution in [1.29, 1.82) is 0 Å². The monoisotopic (exact) mass is 265 g/mol. The second kappa shape index (κ2) is 5.74. The number of carbonyl (C=O) groups excluding carboxylic acids is 1. The molecule has 2 atom stereocenters. The molecule has 1 saturated carbocycles. The minimum Gasteiger partial charge on any atom is -0.465 e. The van der Waals surface area contributed by atoms with Crippen molar-refractivity contribution in [2.45, 2.75) is 51.6 Å². The van der Waals surface area contributed by atoms with Gasteiger partial charge in [0, 0.05) is 18.9 Å². The van der Waals surface area contributed by atoms with E-state index in [1.165, 1.54) is 0 Å². The third kappa shape index (κ3) is 2.81. The van der Waals surface area contributed by atoms with Crippen LogP contribution in [0.3, 0.4) is 0 Å². The Morgan fingerprint density at radius 3 is 3.11 bits per heavy atom. The van der Waals surface area contributed by atoms with Crippen molar-refractivity contribution >= 4 is 5.97 Å². The third-order valence-electron chi connectivity index (χ3n) is 4.17. The summed E-state index contributed by atoms with van der Waals surface area (Å²) in [5, 5.41) is 0. The van der Waals surface area contributed by atoms with Gasteiger partial charge in [-0.3, -0.25) is 4.79 Å². The summed E-state index contributed by atoms with van der Waals surface area (Å²) in [4.78, 5) is 16.2. The summed E-state index contributed by atoms with van der Waals surface area (Å²) < 4.78 is 7.24. The first kappa shape index (κ1) is 14.1. The maximum absolute atomic E-state index is 12.0. The molecule has 106 valence electrons. The Labute approximate surface area is 114 Å². The standard InChI is InChI=1S/C14H23N3O2/c1-3-19-13(18)14(15)7-4-5-12(14)6-9-17-10-8-16-11(17)2/h8,10,12H,3-7,9,15H2,1-2H3. The van der Waals surface area contributed by atoms with Crippen molar-refractivity contribution < 1.29 is 9.53 Å². The largest absolute Gasteiger partial charge is 0.465 e. The summed E-state index contributed by atoms with van der Waals surface area (Å²) in [5.41, 5.74) is 5.52. The van der Waals surface area contributed by atoms with Crippen molar-refractivity contribution in [3.05, 3.63) is 18.2 Å². The lowest BCUT2D eigenvalue weighted by Crippen LogP contribution is -2.52. The molecule has 5 nitrogen and oxygen atoms in total. The first-order chi connectivity index (χ1) is 9.08. The number of rotatable bonds is 5. The van der Waals surface area contributed by atoms with E-state index in [1.54, 1.807) is 6.20 Å². The van der Waals surface area contributed by atoms with E-state index in [9.17, 15) is 4.79 Å². The molecule has 1 aliphatic carbocycles. The summed E-state index contributed by atoms with van der Waals surface area (Å²) in [7, 11) is 0. The smallest absolute Gasteiger partial charge is 0.326 e. The molecule has 2 N–H and O–H groups in total. The van der Waals surface area contributed by atoms with Gasteiger partial charge >= 0.3 is 5.97 Å². The molecule has 1 fully saturated rings. The zero-order valence-corrected chi connectivity index (χ0v) is 11.8. The Balaban J connectivity index is 1.99. The van der Waals surface area contributed by atoms with Crippen LogP contribution >= 0.6 is 0 Å². The number of esters is 1.